The van der Waals surface area contributed by atoms with Crippen molar-refractivity contribution in [3.8, 4) is 22.8 Å². The van der Waals surface area contributed by atoms with Crippen molar-refractivity contribution in [1.82, 2.24) is 20.4 Å². The Morgan fingerprint density at radius 3 is 2.09 bits per heavy atom. The third-order valence-corrected chi connectivity index (χ3v) is 5.21. The Morgan fingerprint density at radius 2 is 1.59 bits per heavy atom. The van der Waals surface area contributed by atoms with Crippen LogP contribution in [0.1, 0.15) is 64.9 Å². The lowest BCUT2D eigenvalue weighted by Crippen LogP contribution is -2.41. The molecular weight excluding hydrogens is 432 g/mol. The second kappa shape index (κ2) is 12.4. The molecule has 0 aliphatic carbocycles. The Labute approximate surface area is 203 Å². The summed E-state index contributed by atoms with van der Waals surface area (Å²) in [5, 5.41) is 10.6. The predicted octanol–water partition coefficient (Wildman–Crippen LogP) is 4.28. The molecule has 8 heteroatoms. The van der Waals surface area contributed by atoms with Crippen molar-refractivity contribution >= 4 is 11.8 Å². The maximum absolute atomic E-state index is 13.3. The number of carbonyl (C=O) groups is 2. The first-order chi connectivity index (χ1) is 16.0. The van der Waals surface area contributed by atoms with Crippen molar-refractivity contribution in [3.63, 3.8) is 0 Å². The predicted molar refractivity (Wildman–Crippen MR) is 134 cm³/mol. The third-order valence-electron chi connectivity index (χ3n) is 5.21. The normalized spacial score (nSPS) is 12.2. The van der Waals surface area contributed by atoms with Gasteiger partial charge in [-0.1, -0.05) is 33.8 Å². The fourth-order valence-corrected chi connectivity index (χ4v) is 3.94. The van der Waals surface area contributed by atoms with Crippen molar-refractivity contribution in [3.05, 3.63) is 30.0 Å². The van der Waals surface area contributed by atoms with E-state index in [1.165, 1.54) is 0 Å². The van der Waals surface area contributed by atoms with Crippen LogP contribution in [0, 0.1) is 11.8 Å². The molecule has 0 aliphatic heterocycles. The third kappa shape index (κ3) is 7.50. The zero-order valence-corrected chi connectivity index (χ0v) is 21.8. The standard InChI is InChI=1S/C26H40N4O4/c1-16(2)12-19(13-24(31)27-18(5)6)28-26(32)20-14-21(30(29-20)15-17(3)4)25-22(33-7)10-9-11-23(25)34-8/h9-11,14,16-19H,12-13,15H2,1-8H3,(H,27,31)(H,28,32)/t19-/m0/s1. The summed E-state index contributed by atoms with van der Waals surface area (Å²) in [6.45, 7) is 12.8. The van der Waals surface area contributed by atoms with Crippen LogP contribution in [0.4, 0.5) is 0 Å². The van der Waals surface area contributed by atoms with Crippen LogP contribution in [0.5, 0.6) is 11.5 Å². The molecule has 1 aromatic heterocycles. The molecule has 0 aliphatic rings. The van der Waals surface area contributed by atoms with Gasteiger partial charge in [0, 0.05) is 25.0 Å². The maximum atomic E-state index is 13.3. The minimum atomic E-state index is -0.305. The van der Waals surface area contributed by atoms with Crippen LogP contribution in [-0.2, 0) is 11.3 Å². The summed E-state index contributed by atoms with van der Waals surface area (Å²) in [7, 11) is 3.21. The van der Waals surface area contributed by atoms with Gasteiger partial charge in [0.05, 0.1) is 25.5 Å². The Balaban J connectivity index is 2.41. The number of nitrogens with zero attached hydrogens (tertiary/aromatic N) is 2. The first-order valence-electron chi connectivity index (χ1n) is 11.9. The molecule has 0 saturated carbocycles. The topological polar surface area (TPSA) is 94.5 Å². The van der Waals surface area contributed by atoms with E-state index >= 15 is 0 Å². The smallest absolute Gasteiger partial charge is 0.272 e. The molecule has 0 spiro atoms. The van der Waals surface area contributed by atoms with Crippen LogP contribution in [0.15, 0.2) is 24.3 Å². The van der Waals surface area contributed by atoms with E-state index in [1.807, 2.05) is 36.7 Å². The monoisotopic (exact) mass is 472 g/mol. The van der Waals surface area contributed by atoms with Gasteiger partial charge in [-0.15, -0.1) is 0 Å². The van der Waals surface area contributed by atoms with Gasteiger partial charge in [-0.3, -0.25) is 14.3 Å². The van der Waals surface area contributed by atoms with E-state index in [0.29, 0.717) is 42.0 Å². The zero-order valence-electron chi connectivity index (χ0n) is 21.8. The Bertz CT molecular complexity index is 943. The summed E-state index contributed by atoms with van der Waals surface area (Å²) in [5.41, 5.74) is 1.78. The summed E-state index contributed by atoms with van der Waals surface area (Å²) in [4.78, 5) is 25.6. The molecule has 1 atom stereocenters. The average Bonchev–Trinajstić information content (AvgIpc) is 3.14. The van der Waals surface area contributed by atoms with E-state index in [-0.39, 0.29) is 30.3 Å². The highest BCUT2D eigenvalue weighted by Gasteiger charge is 2.24. The Morgan fingerprint density at radius 1 is 0.971 bits per heavy atom. The highest BCUT2D eigenvalue weighted by atomic mass is 16.5. The number of amides is 2. The van der Waals surface area contributed by atoms with Gasteiger partial charge < -0.3 is 20.1 Å². The lowest BCUT2D eigenvalue weighted by atomic mass is 10.0. The molecule has 0 bridgehead atoms. The van der Waals surface area contributed by atoms with Gasteiger partial charge in [-0.2, -0.15) is 5.10 Å². The number of hydrogen-bond acceptors (Lipinski definition) is 5. The molecule has 2 aromatic rings. The zero-order chi connectivity index (χ0) is 25.4. The molecule has 0 saturated heterocycles. The molecule has 0 radical (unpaired) electrons. The second-order valence-electron chi connectivity index (χ2n) is 9.75. The quantitative estimate of drug-likeness (QED) is 0.481. The molecule has 8 nitrogen and oxygen atoms in total. The van der Waals surface area contributed by atoms with Crippen LogP contribution < -0.4 is 20.1 Å². The van der Waals surface area contributed by atoms with Crippen LogP contribution >= 0.6 is 0 Å². The van der Waals surface area contributed by atoms with Gasteiger partial charge in [0.2, 0.25) is 5.91 Å². The Hall–Kier alpha value is -3.03. The highest BCUT2D eigenvalue weighted by molar-refractivity contribution is 5.94. The van der Waals surface area contributed by atoms with E-state index < -0.39 is 0 Å². The molecule has 1 aromatic carbocycles. The van der Waals surface area contributed by atoms with Crippen molar-refractivity contribution in [2.75, 3.05) is 14.2 Å². The van der Waals surface area contributed by atoms with Crippen LogP contribution in [0.2, 0.25) is 0 Å². The minimum Gasteiger partial charge on any atom is -0.496 e. The first-order valence-corrected chi connectivity index (χ1v) is 11.9. The number of methoxy groups -OCH3 is 2. The fourth-order valence-electron chi connectivity index (χ4n) is 3.94. The number of hydrogen-bond donors (Lipinski definition) is 2. The van der Waals surface area contributed by atoms with Crippen molar-refractivity contribution in [2.24, 2.45) is 11.8 Å². The van der Waals surface area contributed by atoms with E-state index in [2.05, 4.69) is 43.4 Å². The first kappa shape index (κ1) is 27.2. The maximum Gasteiger partial charge on any atom is 0.272 e. The molecule has 188 valence electrons. The van der Waals surface area contributed by atoms with Gasteiger partial charge in [-0.05, 0) is 50.3 Å². The molecule has 1 heterocycles. The van der Waals surface area contributed by atoms with Gasteiger partial charge in [0.15, 0.2) is 5.69 Å². The van der Waals surface area contributed by atoms with Crippen molar-refractivity contribution in [2.45, 2.75) is 73.0 Å². The van der Waals surface area contributed by atoms with E-state index in [9.17, 15) is 9.59 Å². The van der Waals surface area contributed by atoms with Gasteiger partial charge >= 0.3 is 0 Å². The molecule has 0 unspecified atom stereocenters. The number of rotatable bonds is 12. The van der Waals surface area contributed by atoms with Crippen molar-refractivity contribution in [1.29, 1.82) is 0 Å². The van der Waals surface area contributed by atoms with Gasteiger partial charge in [-0.25, -0.2) is 0 Å². The lowest BCUT2D eigenvalue weighted by Gasteiger charge is -2.20. The number of ether oxygens (including phenoxy) is 2. The SMILES string of the molecule is COc1cccc(OC)c1-c1cc(C(=O)N[C@H](CC(=O)NC(C)C)CC(C)C)nn1CC(C)C. The van der Waals surface area contributed by atoms with E-state index in [1.54, 1.807) is 20.3 Å². The van der Waals surface area contributed by atoms with Gasteiger partial charge in [0.25, 0.3) is 5.91 Å². The molecular formula is C26H40N4O4. The number of nitrogens with one attached hydrogen (secondary N) is 2. The molecule has 34 heavy (non-hydrogen) atoms. The lowest BCUT2D eigenvalue weighted by molar-refractivity contribution is -0.122. The number of carbonyl (C=O) groups excluding carboxylic acids is 2. The summed E-state index contributed by atoms with van der Waals surface area (Å²) >= 11 is 0. The highest BCUT2D eigenvalue weighted by Crippen LogP contribution is 2.38. The fraction of sp³-hybridized carbons (Fsp3) is 0.577. The summed E-state index contributed by atoms with van der Waals surface area (Å²) in [6.07, 6.45) is 0.916. The van der Waals surface area contributed by atoms with Crippen LogP contribution in [-0.4, -0.2) is 47.9 Å². The van der Waals surface area contributed by atoms with Crippen LogP contribution in [0.25, 0.3) is 11.3 Å². The molecule has 2 rings (SSSR count). The number of aromatic nitrogens is 2. The second-order valence-corrected chi connectivity index (χ2v) is 9.75. The summed E-state index contributed by atoms with van der Waals surface area (Å²) in [5.74, 6) is 1.53. The summed E-state index contributed by atoms with van der Waals surface area (Å²) in [6, 6.07) is 7.10. The molecule has 2 N–H and O–H groups in total. The van der Waals surface area contributed by atoms with E-state index in [4.69, 9.17) is 9.47 Å². The summed E-state index contributed by atoms with van der Waals surface area (Å²) < 4.78 is 13.0. The largest absolute Gasteiger partial charge is 0.496 e. The average molecular weight is 473 g/mol. The minimum absolute atomic E-state index is 0.0491. The number of benzene rings is 1. The molecule has 0 fully saturated rings. The van der Waals surface area contributed by atoms with Gasteiger partial charge in [0.1, 0.15) is 11.5 Å². The van der Waals surface area contributed by atoms with Crippen LogP contribution in [0.3, 0.4) is 0 Å². The van der Waals surface area contributed by atoms with E-state index in [0.717, 1.165) is 11.3 Å². The Kier molecular flexibility index (Phi) is 9.96. The van der Waals surface area contributed by atoms with Crippen molar-refractivity contribution < 1.29 is 19.1 Å². The molecule has 2 amide bonds.